The van der Waals surface area contributed by atoms with E-state index in [-0.39, 0.29) is 34.3 Å². The molecule has 0 saturated carbocycles. The van der Waals surface area contributed by atoms with Crippen molar-refractivity contribution >= 4 is 44.2 Å². The number of fused-ring (bicyclic) bond motifs is 1. The number of hydrogen-bond donors (Lipinski definition) is 3. The molecule has 0 spiro atoms. The average molecular weight is 498 g/mol. The van der Waals surface area contributed by atoms with E-state index in [9.17, 15) is 22.7 Å². The third-order valence-electron chi connectivity index (χ3n) is 5.14. The lowest BCUT2D eigenvalue weighted by Gasteiger charge is -2.15. The van der Waals surface area contributed by atoms with Gasteiger partial charge in [-0.1, -0.05) is 48.5 Å². The molecule has 4 aromatic carbocycles. The zero-order valence-electron chi connectivity index (χ0n) is 17.7. The summed E-state index contributed by atoms with van der Waals surface area (Å²) >= 11 is 1.13. The van der Waals surface area contributed by atoms with Crippen LogP contribution in [0.25, 0.3) is 21.9 Å². The number of rotatable bonds is 8. The van der Waals surface area contributed by atoms with E-state index in [1.165, 1.54) is 30.3 Å². The number of carboxylic acid groups (broad SMARTS) is 1. The van der Waals surface area contributed by atoms with Gasteiger partial charge >= 0.3 is 5.97 Å². The highest BCUT2D eigenvalue weighted by atomic mass is 32.2. The van der Waals surface area contributed by atoms with Gasteiger partial charge in [0.05, 0.1) is 21.9 Å². The molecule has 4 rings (SSSR count). The van der Waals surface area contributed by atoms with Crippen molar-refractivity contribution in [3.8, 4) is 16.9 Å². The Labute approximate surface area is 200 Å². The van der Waals surface area contributed by atoms with E-state index >= 15 is 0 Å². The lowest BCUT2D eigenvalue weighted by atomic mass is 10.1. The molecule has 0 fully saturated rings. The number of phenols is 1. The van der Waals surface area contributed by atoms with Crippen LogP contribution in [0.15, 0.2) is 88.7 Å². The standard InChI is InChI=1S/C25H20FNO5S2/c26-18-9-5-16(6-10-18)17-7-11-19(12-8-17)34(31,32)27-22-15-23(33-14-13-24(28)29)25(30)21-4-2-1-3-20(21)22/h1-12,15,27,30H,13-14H2,(H,28,29). The maximum Gasteiger partial charge on any atom is 0.304 e. The Balaban J connectivity index is 1.66. The van der Waals surface area contributed by atoms with Crippen LogP contribution >= 0.6 is 11.8 Å². The fourth-order valence-electron chi connectivity index (χ4n) is 3.45. The molecule has 9 heteroatoms. The van der Waals surface area contributed by atoms with Crippen LogP contribution in [0.1, 0.15) is 6.42 Å². The smallest absolute Gasteiger partial charge is 0.304 e. The number of phenolic OH excluding ortho intramolecular Hbond substituents is 1. The molecular weight excluding hydrogens is 477 g/mol. The molecule has 6 nitrogen and oxygen atoms in total. The normalized spacial score (nSPS) is 11.4. The van der Waals surface area contributed by atoms with Crippen LogP contribution < -0.4 is 4.72 Å². The van der Waals surface area contributed by atoms with E-state index in [1.54, 1.807) is 48.5 Å². The summed E-state index contributed by atoms with van der Waals surface area (Å²) in [5, 5.41) is 20.5. The number of sulfonamides is 1. The van der Waals surface area contributed by atoms with Crippen LogP contribution in [-0.4, -0.2) is 30.4 Å². The lowest BCUT2D eigenvalue weighted by Crippen LogP contribution is -2.13. The first-order valence-electron chi connectivity index (χ1n) is 10.2. The van der Waals surface area contributed by atoms with Crippen LogP contribution in [0.2, 0.25) is 0 Å². The van der Waals surface area contributed by atoms with Gasteiger partial charge in [-0.3, -0.25) is 9.52 Å². The number of anilines is 1. The van der Waals surface area contributed by atoms with Crippen LogP contribution in [0, 0.1) is 5.82 Å². The second kappa shape index (κ2) is 9.74. The molecule has 0 aliphatic rings. The number of aliphatic carboxylic acids is 1. The van der Waals surface area contributed by atoms with Crippen molar-refractivity contribution in [2.24, 2.45) is 0 Å². The monoisotopic (exact) mass is 497 g/mol. The average Bonchev–Trinajstić information content (AvgIpc) is 2.82. The van der Waals surface area contributed by atoms with E-state index in [4.69, 9.17) is 5.11 Å². The highest BCUT2D eigenvalue weighted by Gasteiger charge is 2.19. The SMILES string of the molecule is O=C(O)CCSc1cc(NS(=O)(=O)c2ccc(-c3ccc(F)cc3)cc2)c2ccccc2c1O. The van der Waals surface area contributed by atoms with E-state index in [2.05, 4.69) is 4.72 Å². The molecule has 174 valence electrons. The molecule has 0 bridgehead atoms. The van der Waals surface area contributed by atoms with Crippen molar-refractivity contribution in [3.05, 3.63) is 84.7 Å². The number of nitrogens with one attached hydrogen (secondary N) is 1. The zero-order chi connectivity index (χ0) is 24.3. The third kappa shape index (κ3) is 5.16. The number of aromatic hydroxyl groups is 1. The Morgan fingerprint density at radius 1 is 0.912 bits per heavy atom. The van der Waals surface area contributed by atoms with Crippen molar-refractivity contribution in [1.82, 2.24) is 0 Å². The van der Waals surface area contributed by atoms with Gasteiger partial charge in [-0.25, -0.2) is 12.8 Å². The minimum Gasteiger partial charge on any atom is -0.506 e. The van der Waals surface area contributed by atoms with Gasteiger partial charge in [-0.2, -0.15) is 0 Å². The number of carbonyl (C=O) groups is 1. The summed E-state index contributed by atoms with van der Waals surface area (Å²) in [5.74, 6) is -1.12. The third-order valence-corrected chi connectivity index (χ3v) is 7.55. The van der Waals surface area contributed by atoms with Gasteiger partial charge in [0.1, 0.15) is 11.6 Å². The first-order chi connectivity index (χ1) is 16.2. The number of halogens is 1. The van der Waals surface area contributed by atoms with Crippen molar-refractivity contribution in [3.63, 3.8) is 0 Å². The molecule has 0 radical (unpaired) electrons. The molecule has 0 aliphatic heterocycles. The molecule has 0 atom stereocenters. The molecule has 3 N–H and O–H groups in total. The first-order valence-corrected chi connectivity index (χ1v) is 12.7. The summed E-state index contributed by atoms with van der Waals surface area (Å²) in [6, 6.07) is 20.4. The molecule has 4 aromatic rings. The predicted octanol–water partition coefficient (Wildman–Crippen LogP) is 5.72. The second-order valence-electron chi connectivity index (χ2n) is 7.45. The molecule has 34 heavy (non-hydrogen) atoms. The number of carboxylic acids is 1. The molecule has 0 aliphatic carbocycles. The van der Waals surface area contributed by atoms with Gasteiger partial charge < -0.3 is 10.2 Å². The fraction of sp³-hybridized carbons (Fsp3) is 0.0800. The number of benzene rings is 4. The summed E-state index contributed by atoms with van der Waals surface area (Å²) < 4.78 is 42.0. The summed E-state index contributed by atoms with van der Waals surface area (Å²) in [5.41, 5.74) is 1.77. The Morgan fingerprint density at radius 2 is 1.50 bits per heavy atom. The predicted molar refractivity (Wildman–Crippen MR) is 131 cm³/mol. The van der Waals surface area contributed by atoms with E-state index < -0.39 is 16.0 Å². The van der Waals surface area contributed by atoms with Crippen LogP contribution in [-0.2, 0) is 14.8 Å². The Hall–Kier alpha value is -3.56. The van der Waals surface area contributed by atoms with E-state index in [1.807, 2.05) is 0 Å². The topological polar surface area (TPSA) is 104 Å². The van der Waals surface area contributed by atoms with Crippen LogP contribution in [0.3, 0.4) is 0 Å². The van der Waals surface area contributed by atoms with E-state index in [0.29, 0.717) is 15.7 Å². The number of hydrogen-bond acceptors (Lipinski definition) is 5. The highest BCUT2D eigenvalue weighted by Crippen LogP contribution is 2.40. The van der Waals surface area contributed by atoms with Crippen LogP contribution in [0.5, 0.6) is 5.75 Å². The van der Waals surface area contributed by atoms with Gasteiger partial charge in [-0.05, 0) is 41.5 Å². The van der Waals surface area contributed by atoms with Gasteiger partial charge in [0.25, 0.3) is 10.0 Å². The summed E-state index contributed by atoms with van der Waals surface area (Å²) in [4.78, 5) is 11.3. The molecule has 0 aromatic heterocycles. The largest absolute Gasteiger partial charge is 0.506 e. The quantitative estimate of drug-likeness (QED) is 0.213. The lowest BCUT2D eigenvalue weighted by molar-refractivity contribution is -0.136. The summed E-state index contributed by atoms with van der Waals surface area (Å²) in [7, 11) is -3.97. The van der Waals surface area contributed by atoms with Crippen molar-refractivity contribution in [2.45, 2.75) is 16.2 Å². The summed E-state index contributed by atoms with van der Waals surface area (Å²) in [6.45, 7) is 0. The van der Waals surface area contributed by atoms with Gasteiger partial charge in [0, 0.05) is 16.5 Å². The molecule has 0 unspecified atom stereocenters. The first kappa shape index (κ1) is 23.6. The Morgan fingerprint density at radius 3 is 2.12 bits per heavy atom. The minimum absolute atomic E-state index is 0.0300. The van der Waals surface area contributed by atoms with E-state index in [0.717, 1.165) is 22.9 Å². The Kier molecular flexibility index (Phi) is 6.76. The highest BCUT2D eigenvalue weighted by molar-refractivity contribution is 7.99. The Bertz CT molecular complexity index is 1450. The zero-order valence-corrected chi connectivity index (χ0v) is 19.4. The molecule has 0 amide bonds. The fourth-order valence-corrected chi connectivity index (χ4v) is 5.46. The molecule has 0 saturated heterocycles. The number of thioether (sulfide) groups is 1. The maximum atomic E-state index is 13.2. The maximum absolute atomic E-state index is 13.2. The molecular formula is C25H20FNO5S2. The van der Waals surface area contributed by atoms with Crippen LogP contribution in [0.4, 0.5) is 10.1 Å². The van der Waals surface area contributed by atoms with Gasteiger partial charge in [0.2, 0.25) is 0 Å². The molecule has 0 heterocycles. The second-order valence-corrected chi connectivity index (χ2v) is 10.3. The van der Waals surface area contributed by atoms with Crippen molar-refractivity contribution in [2.75, 3.05) is 10.5 Å². The summed E-state index contributed by atoms with van der Waals surface area (Å²) in [6.07, 6.45) is -0.0988. The minimum atomic E-state index is -3.97. The van der Waals surface area contributed by atoms with Gasteiger partial charge in [-0.15, -0.1) is 11.8 Å². The van der Waals surface area contributed by atoms with Crippen molar-refractivity contribution < 1.29 is 27.8 Å². The van der Waals surface area contributed by atoms with Gasteiger partial charge in [0.15, 0.2) is 0 Å². The van der Waals surface area contributed by atoms with Crippen molar-refractivity contribution in [1.29, 1.82) is 0 Å².